The highest BCUT2D eigenvalue weighted by atomic mass is 16.2. The average molecular weight is 294 g/mol. The van der Waals surface area contributed by atoms with E-state index in [0.29, 0.717) is 6.54 Å². The maximum atomic E-state index is 12.0. The Morgan fingerprint density at radius 2 is 1.82 bits per heavy atom. The molecule has 114 valence electrons. The van der Waals surface area contributed by atoms with Crippen molar-refractivity contribution in [3.05, 3.63) is 71.3 Å². The number of nitrogens with one attached hydrogen (secondary N) is 2. The zero-order valence-corrected chi connectivity index (χ0v) is 12.7. The molecule has 3 heteroatoms. The van der Waals surface area contributed by atoms with Crippen LogP contribution in [0.25, 0.3) is 0 Å². The van der Waals surface area contributed by atoms with Crippen LogP contribution in [-0.2, 0) is 12.8 Å². The van der Waals surface area contributed by atoms with E-state index in [1.54, 1.807) is 0 Å². The fourth-order valence-corrected chi connectivity index (χ4v) is 3.06. The lowest BCUT2D eigenvalue weighted by Gasteiger charge is -2.15. The summed E-state index contributed by atoms with van der Waals surface area (Å²) in [5.74, 6) is 0. The first-order valence-electron chi connectivity index (χ1n) is 7.99. The molecule has 2 amide bonds. The number of aryl methyl sites for hydroxylation is 2. The van der Waals surface area contributed by atoms with Crippen LogP contribution in [-0.4, -0.2) is 12.6 Å². The highest BCUT2D eigenvalue weighted by Crippen LogP contribution is 2.30. The van der Waals surface area contributed by atoms with Crippen molar-refractivity contribution < 1.29 is 4.79 Å². The van der Waals surface area contributed by atoms with Gasteiger partial charge in [0.15, 0.2) is 0 Å². The predicted octanol–water partition coefficient (Wildman–Crippen LogP) is 3.61. The molecule has 0 heterocycles. The molecule has 1 atom stereocenters. The van der Waals surface area contributed by atoms with Crippen LogP contribution in [0.4, 0.5) is 4.79 Å². The van der Waals surface area contributed by atoms with Crippen LogP contribution >= 0.6 is 0 Å². The second-order valence-corrected chi connectivity index (χ2v) is 5.78. The summed E-state index contributed by atoms with van der Waals surface area (Å²) in [6, 6.07) is 18.8. The van der Waals surface area contributed by atoms with E-state index in [4.69, 9.17) is 0 Å². The number of fused-ring (bicyclic) bond motifs is 1. The zero-order chi connectivity index (χ0) is 15.2. The monoisotopic (exact) mass is 294 g/mol. The highest BCUT2D eigenvalue weighted by molar-refractivity contribution is 5.74. The number of carbonyl (C=O) groups is 1. The molecule has 0 radical (unpaired) electrons. The van der Waals surface area contributed by atoms with Crippen LogP contribution in [0.15, 0.2) is 54.6 Å². The molecule has 1 aliphatic carbocycles. The van der Waals surface area contributed by atoms with Crippen LogP contribution in [0.2, 0.25) is 0 Å². The zero-order valence-electron chi connectivity index (χ0n) is 12.7. The minimum Gasteiger partial charge on any atom is -0.338 e. The molecule has 0 spiro atoms. The first-order valence-corrected chi connectivity index (χ1v) is 7.99. The van der Waals surface area contributed by atoms with Crippen molar-refractivity contribution >= 4 is 6.03 Å². The van der Waals surface area contributed by atoms with Crippen LogP contribution in [0.3, 0.4) is 0 Å². The standard InChI is InChI=1S/C19H22N2O/c22-19(20-14-6-9-15-7-2-1-3-8-15)21-18-13-12-16-10-4-5-11-17(16)18/h1-5,7-8,10-11,18H,6,9,12-14H2,(H2,20,21,22)/t18-/m0/s1. The van der Waals surface area contributed by atoms with Gasteiger partial charge >= 0.3 is 6.03 Å². The third kappa shape index (κ3) is 3.67. The SMILES string of the molecule is O=C(NCCCc1ccccc1)N[C@H]1CCc2ccccc21. The molecule has 0 saturated carbocycles. The number of rotatable bonds is 5. The van der Waals surface area contributed by atoms with Gasteiger partial charge in [0, 0.05) is 6.54 Å². The van der Waals surface area contributed by atoms with Gasteiger partial charge in [-0.1, -0.05) is 54.6 Å². The average Bonchev–Trinajstić information content (AvgIpc) is 2.96. The van der Waals surface area contributed by atoms with Crippen LogP contribution < -0.4 is 10.6 Å². The van der Waals surface area contributed by atoms with Crippen molar-refractivity contribution in [3.8, 4) is 0 Å². The minimum absolute atomic E-state index is 0.0604. The maximum Gasteiger partial charge on any atom is 0.315 e. The van der Waals surface area contributed by atoms with E-state index in [2.05, 4.69) is 41.0 Å². The summed E-state index contributed by atoms with van der Waals surface area (Å²) in [7, 11) is 0. The molecule has 3 nitrogen and oxygen atoms in total. The number of urea groups is 1. The smallest absolute Gasteiger partial charge is 0.315 e. The fourth-order valence-electron chi connectivity index (χ4n) is 3.06. The van der Waals surface area contributed by atoms with Crippen molar-refractivity contribution in [2.75, 3.05) is 6.54 Å². The summed E-state index contributed by atoms with van der Waals surface area (Å²) < 4.78 is 0. The van der Waals surface area contributed by atoms with Crippen molar-refractivity contribution in [1.29, 1.82) is 0 Å². The van der Waals surface area contributed by atoms with Gasteiger partial charge in [-0.25, -0.2) is 4.79 Å². The summed E-state index contributed by atoms with van der Waals surface area (Å²) in [6.07, 6.45) is 4.00. The second kappa shape index (κ2) is 7.12. The molecular weight excluding hydrogens is 272 g/mol. The Morgan fingerprint density at radius 1 is 1.05 bits per heavy atom. The van der Waals surface area contributed by atoms with Gasteiger partial charge < -0.3 is 10.6 Å². The normalized spacial score (nSPS) is 16.1. The van der Waals surface area contributed by atoms with Crippen molar-refractivity contribution in [2.24, 2.45) is 0 Å². The Balaban J connectivity index is 1.40. The first-order chi connectivity index (χ1) is 10.8. The van der Waals surface area contributed by atoms with E-state index in [1.807, 2.05) is 24.3 Å². The molecule has 2 aromatic rings. The summed E-state index contributed by atoms with van der Waals surface area (Å²) in [5.41, 5.74) is 3.94. The van der Waals surface area contributed by atoms with Crippen LogP contribution in [0.1, 0.15) is 35.6 Å². The summed E-state index contributed by atoms with van der Waals surface area (Å²) in [4.78, 5) is 12.0. The Morgan fingerprint density at radius 3 is 2.68 bits per heavy atom. The molecular formula is C19H22N2O. The van der Waals surface area contributed by atoms with Gasteiger partial charge in [0.1, 0.15) is 0 Å². The molecule has 1 aliphatic rings. The van der Waals surface area contributed by atoms with Gasteiger partial charge in [0.05, 0.1) is 6.04 Å². The lowest BCUT2D eigenvalue weighted by molar-refractivity contribution is 0.237. The molecule has 0 aliphatic heterocycles. The minimum atomic E-state index is -0.0604. The summed E-state index contributed by atoms with van der Waals surface area (Å²) in [6.45, 7) is 0.703. The van der Waals surface area contributed by atoms with Gasteiger partial charge in [-0.2, -0.15) is 0 Å². The largest absolute Gasteiger partial charge is 0.338 e. The van der Waals surface area contributed by atoms with E-state index in [-0.39, 0.29) is 12.1 Å². The summed E-state index contributed by atoms with van der Waals surface area (Å²) >= 11 is 0. The molecule has 0 unspecified atom stereocenters. The van der Waals surface area contributed by atoms with Gasteiger partial charge in [0.25, 0.3) is 0 Å². The third-order valence-electron chi connectivity index (χ3n) is 4.21. The van der Waals surface area contributed by atoms with Crippen molar-refractivity contribution in [1.82, 2.24) is 10.6 Å². The third-order valence-corrected chi connectivity index (χ3v) is 4.21. The number of hydrogen-bond acceptors (Lipinski definition) is 1. The van der Waals surface area contributed by atoms with Gasteiger partial charge in [-0.3, -0.25) is 0 Å². The highest BCUT2D eigenvalue weighted by Gasteiger charge is 2.22. The topological polar surface area (TPSA) is 41.1 Å². The predicted molar refractivity (Wildman–Crippen MR) is 88.8 cm³/mol. The molecule has 2 N–H and O–H groups in total. The Bertz CT molecular complexity index is 624. The van der Waals surface area contributed by atoms with E-state index in [1.165, 1.54) is 16.7 Å². The summed E-state index contributed by atoms with van der Waals surface area (Å²) in [5, 5.41) is 6.04. The molecule has 2 aromatic carbocycles. The van der Waals surface area contributed by atoms with Gasteiger partial charge in [-0.15, -0.1) is 0 Å². The lowest BCUT2D eigenvalue weighted by atomic mass is 10.1. The molecule has 0 bridgehead atoms. The molecule has 0 fully saturated rings. The number of amides is 2. The van der Waals surface area contributed by atoms with Crippen LogP contribution in [0, 0.1) is 0 Å². The van der Waals surface area contributed by atoms with Gasteiger partial charge in [0.2, 0.25) is 0 Å². The second-order valence-electron chi connectivity index (χ2n) is 5.78. The van der Waals surface area contributed by atoms with E-state index in [9.17, 15) is 4.79 Å². The number of carbonyl (C=O) groups excluding carboxylic acids is 1. The van der Waals surface area contributed by atoms with E-state index >= 15 is 0 Å². The number of hydrogen-bond donors (Lipinski definition) is 2. The molecule has 0 saturated heterocycles. The quantitative estimate of drug-likeness (QED) is 0.813. The van der Waals surface area contributed by atoms with Crippen molar-refractivity contribution in [3.63, 3.8) is 0 Å². The van der Waals surface area contributed by atoms with Crippen molar-refractivity contribution in [2.45, 2.75) is 31.7 Å². The lowest BCUT2D eigenvalue weighted by Crippen LogP contribution is -2.37. The Labute approximate surface area is 131 Å². The molecule has 3 rings (SSSR count). The van der Waals surface area contributed by atoms with Gasteiger partial charge in [-0.05, 0) is 42.4 Å². The Kier molecular flexibility index (Phi) is 4.74. The van der Waals surface area contributed by atoms with Crippen LogP contribution in [0.5, 0.6) is 0 Å². The fraction of sp³-hybridized carbons (Fsp3) is 0.316. The molecule has 0 aromatic heterocycles. The first kappa shape index (κ1) is 14.6. The molecule has 22 heavy (non-hydrogen) atoms. The number of benzene rings is 2. The maximum absolute atomic E-state index is 12.0. The Hall–Kier alpha value is -2.29. The van der Waals surface area contributed by atoms with E-state index < -0.39 is 0 Å². The van der Waals surface area contributed by atoms with E-state index in [0.717, 1.165) is 25.7 Å².